The minimum absolute atomic E-state index is 0.148. The maximum Gasteiger partial charge on any atom is 0.308 e. The van der Waals surface area contributed by atoms with E-state index in [1.807, 2.05) is 19.1 Å². The second-order valence-corrected chi connectivity index (χ2v) is 4.81. The van der Waals surface area contributed by atoms with E-state index >= 15 is 0 Å². The molecular weight excluding hydrogens is 258 g/mol. The lowest BCUT2D eigenvalue weighted by atomic mass is 10.1. The molecule has 0 bridgehead atoms. The lowest BCUT2D eigenvalue weighted by Gasteiger charge is -2.15. The molecule has 0 heterocycles. The van der Waals surface area contributed by atoms with Gasteiger partial charge in [0.05, 0.1) is 26.7 Å². The van der Waals surface area contributed by atoms with Crippen LogP contribution in [0.15, 0.2) is 12.1 Å². The first-order chi connectivity index (χ1) is 9.65. The predicted octanol–water partition coefficient (Wildman–Crippen LogP) is 1.45. The van der Waals surface area contributed by atoms with Gasteiger partial charge in [0.15, 0.2) is 11.5 Å². The summed E-state index contributed by atoms with van der Waals surface area (Å²) >= 11 is 0. The molecule has 0 spiro atoms. The Morgan fingerprint density at radius 1 is 1.35 bits per heavy atom. The number of rotatable bonds is 6. The van der Waals surface area contributed by atoms with Crippen LogP contribution in [0.25, 0.3) is 0 Å². The van der Waals surface area contributed by atoms with Gasteiger partial charge in [0.1, 0.15) is 0 Å². The minimum Gasteiger partial charge on any atom is -0.490 e. The normalized spacial score (nSPS) is 16.6. The molecule has 0 aliphatic heterocycles. The fourth-order valence-electron chi connectivity index (χ4n) is 2.44. The highest BCUT2D eigenvalue weighted by molar-refractivity contribution is 5.69. The van der Waals surface area contributed by atoms with Gasteiger partial charge in [-0.1, -0.05) is 6.07 Å². The molecule has 0 aromatic heterocycles. The number of benzene rings is 1. The quantitative estimate of drug-likeness (QED) is 0.798. The van der Waals surface area contributed by atoms with E-state index in [1.165, 1.54) is 12.7 Å². The molecule has 1 aromatic carbocycles. The van der Waals surface area contributed by atoms with E-state index in [0.717, 1.165) is 24.2 Å². The van der Waals surface area contributed by atoms with Crippen LogP contribution in [0.2, 0.25) is 0 Å². The third kappa shape index (κ3) is 3.22. The summed E-state index contributed by atoms with van der Waals surface area (Å²) in [5.41, 5.74) is 8.36. The number of fused-ring (bicyclic) bond motifs is 1. The second-order valence-electron chi connectivity index (χ2n) is 4.81. The molecule has 1 unspecified atom stereocenters. The van der Waals surface area contributed by atoms with Crippen LogP contribution >= 0.6 is 0 Å². The molecule has 2 N–H and O–H groups in total. The molecule has 0 saturated heterocycles. The lowest BCUT2D eigenvalue weighted by molar-refractivity contribution is -0.141. The Bertz CT molecular complexity index is 487. The van der Waals surface area contributed by atoms with E-state index in [4.69, 9.17) is 15.2 Å². The summed E-state index contributed by atoms with van der Waals surface area (Å²) in [7, 11) is 1.37. The van der Waals surface area contributed by atoms with E-state index in [9.17, 15) is 4.79 Å². The van der Waals surface area contributed by atoms with Crippen molar-refractivity contribution >= 4 is 5.97 Å². The third-order valence-electron chi connectivity index (χ3n) is 3.35. The molecule has 110 valence electrons. The van der Waals surface area contributed by atoms with Crippen molar-refractivity contribution in [1.82, 2.24) is 0 Å². The molecule has 1 aliphatic rings. The van der Waals surface area contributed by atoms with Gasteiger partial charge in [-0.15, -0.1) is 0 Å². The van der Waals surface area contributed by atoms with Crippen molar-refractivity contribution in [3.05, 3.63) is 23.3 Å². The van der Waals surface area contributed by atoms with Crippen LogP contribution < -0.4 is 15.2 Å². The second kappa shape index (κ2) is 6.61. The molecule has 0 fully saturated rings. The predicted molar refractivity (Wildman–Crippen MR) is 75.1 cm³/mol. The first kappa shape index (κ1) is 14.7. The lowest BCUT2D eigenvalue weighted by Crippen LogP contribution is -2.19. The molecular formula is C15H21NO4. The molecule has 0 saturated carbocycles. The van der Waals surface area contributed by atoms with Crippen LogP contribution in [0, 0.1) is 0 Å². The Labute approximate surface area is 119 Å². The number of carbonyl (C=O) groups excluding carboxylic acids is 1. The Kier molecular flexibility index (Phi) is 4.84. The maximum atomic E-state index is 11.1. The average molecular weight is 279 g/mol. The summed E-state index contributed by atoms with van der Waals surface area (Å²) in [5.74, 6) is 1.15. The van der Waals surface area contributed by atoms with Crippen LogP contribution in [0.3, 0.4) is 0 Å². The van der Waals surface area contributed by atoms with Crippen molar-refractivity contribution < 1.29 is 19.0 Å². The SMILES string of the molecule is CCOc1c(OCCC(=O)OC)ccc2c1CC(N)C2. The molecule has 0 radical (unpaired) electrons. The largest absolute Gasteiger partial charge is 0.490 e. The van der Waals surface area contributed by atoms with Gasteiger partial charge in [0.25, 0.3) is 0 Å². The number of carbonyl (C=O) groups is 1. The minimum atomic E-state index is -0.286. The topological polar surface area (TPSA) is 70.8 Å². The van der Waals surface area contributed by atoms with E-state index in [0.29, 0.717) is 12.4 Å². The van der Waals surface area contributed by atoms with Gasteiger partial charge in [0.2, 0.25) is 0 Å². The Hall–Kier alpha value is -1.75. The summed E-state index contributed by atoms with van der Waals surface area (Å²) in [5, 5.41) is 0. The van der Waals surface area contributed by atoms with Crippen molar-refractivity contribution in [2.24, 2.45) is 5.73 Å². The van der Waals surface area contributed by atoms with E-state index in [2.05, 4.69) is 4.74 Å². The number of hydrogen-bond donors (Lipinski definition) is 1. The number of esters is 1. The number of ether oxygens (including phenoxy) is 3. The molecule has 1 atom stereocenters. The summed E-state index contributed by atoms with van der Waals surface area (Å²) in [6.45, 7) is 2.78. The molecule has 5 heteroatoms. The number of methoxy groups -OCH3 is 1. The highest BCUT2D eigenvalue weighted by Gasteiger charge is 2.24. The number of nitrogens with two attached hydrogens (primary N) is 1. The van der Waals surface area contributed by atoms with E-state index in [1.54, 1.807) is 0 Å². The first-order valence-corrected chi connectivity index (χ1v) is 6.88. The monoisotopic (exact) mass is 279 g/mol. The van der Waals surface area contributed by atoms with E-state index < -0.39 is 0 Å². The van der Waals surface area contributed by atoms with Crippen LogP contribution in [-0.2, 0) is 22.4 Å². The van der Waals surface area contributed by atoms with Crippen LogP contribution in [0.4, 0.5) is 0 Å². The van der Waals surface area contributed by atoms with Crippen molar-refractivity contribution in [1.29, 1.82) is 0 Å². The van der Waals surface area contributed by atoms with Gasteiger partial charge in [-0.2, -0.15) is 0 Å². The smallest absolute Gasteiger partial charge is 0.308 e. The van der Waals surface area contributed by atoms with Gasteiger partial charge in [-0.3, -0.25) is 4.79 Å². The van der Waals surface area contributed by atoms with Gasteiger partial charge >= 0.3 is 5.97 Å². The molecule has 2 rings (SSSR count). The summed E-state index contributed by atoms with van der Waals surface area (Å²) in [6.07, 6.45) is 1.90. The first-order valence-electron chi connectivity index (χ1n) is 6.88. The zero-order valence-corrected chi connectivity index (χ0v) is 12.0. The third-order valence-corrected chi connectivity index (χ3v) is 3.35. The Morgan fingerprint density at radius 2 is 2.15 bits per heavy atom. The highest BCUT2D eigenvalue weighted by Crippen LogP contribution is 2.38. The van der Waals surface area contributed by atoms with Crippen molar-refractivity contribution in [2.45, 2.75) is 32.2 Å². The molecule has 1 aliphatic carbocycles. The van der Waals surface area contributed by atoms with E-state index in [-0.39, 0.29) is 25.0 Å². The average Bonchev–Trinajstić information content (AvgIpc) is 2.81. The highest BCUT2D eigenvalue weighted by atomic mass is 16.5. The van der Waals surface area contributed by atoms with Crippen molar-refractivity contribution in [3.63, 3.8) is 0 Å². The zero-order chi connectivity index (χ0) is 14.5. The van der Waals surface area contributed by atoms with Gasteiger partial charge in [-0.05, 0) is 31.4 Å². The van der Waals surface area contributed by atoms with Gasteiger partial charge in [0, 0.05) is 11.6 Å². The Morgan fingerprint density at radius 3 is 2.85 bits per heavy atom. The summed E-state index contributed by atoms with van der Waals surface area (Å²) in [6, 6.07) is 4.06. The van der Waals surface area contributed by atoms with Crippen LogP contribution in [-0.4, -0.2) is 32.3 Å². The van der Waals surface area contributed by atoms with Crippen molar-refractivity contribution in [3.8, 4) is 11.5 Å². The molecule has 20 heavy (non-hydrogen) atoms. The maximum absolute atomic E-state index is 11.1. The zero-order valence-electron chi connectivity index (χ0n) is 12.0. The fourth-order valence-corrected chi connectivity index (χ4v) is 2.44. The van der Waals surface area contributed by atoms with Crippen molar-refractivity contribution in [2.75, 3.05) is 20.3 Å². The fraction of sp³-hybridized carbons (Fsp3) is 0.533. The summed E-state index contributed by atoms with van der Waals surface area (Å²) in [4.78, 5) is 11.1. The van der Waals surface area contributed by atoms with Gasteiger partial charge < -0.3 is 19.9 Å². The van der Waals surface area contributed by atoms with Crippen LogP contribution in [0.5, 0.6) is 11.5 Å². The molecule has 5 nitrogen and oxygen atoms in total. The van der Waals surface area contributed by atoms with Crippen LogP contribution in [0.1, 0.15) is 24.5 Å². The molecule has 0 amide bonds. The Balaban J connectivity index is 2.12. The molecule has 1 aromatic rings. The van der Waals surface area contributed by atoms with Gasteiger partial charge in [-0.25, -0.2) is 0 Å². The standard InChI is InChI=1S/C15H21NO4/c1-3-19-15-12-9-11(16)8-10(12)4-5-13(15)20-7-6-14(17)18-2/h4-5,11H,3,6-9,16H2,1-2H3. The number of hydrogen-bond acceptors (Lipinski definition) is 5. The summed E-state index contributed by atoms with van der Waals surface area (Å²) < 4.78 is 16.0.